The second kappa shape index (κ2) is 7.57. The van der Waals surface area contributed by atoms with Gasteiger partial charge >= 0.3 is 6.03 Å². The van der Waals surface area contributed by atoms with E-state index in [0.717, 1.165) is 24.3 Å². The van der Waals surface area contributed by atoms with Crippen molar-refractivity contribution in [1.29, 1.82) is 0 Å². The largest absolute Gasteiger partial charge is 0.357 e. The first-order chi connectivity index (χ1) is 12.0. The molecule has 25 heavy (non-hydrogen) atoms. The summed E-state index contributed by atoms with van der Waals surface area (Å²) < 4.78 is 0. The maximum Gasteiger partial charge on any atom is 0.319 e. The minimum Gasteiger partial charge on any atom is -0.357 e. The molecule has 0 bridgehead atoms. The van der Waals surface area contributed by atoms with Gasteiger partial charge in [-0.25, -0.2) is 9.78 Å². The monoisotopic (exact) mass is 360 g/mol. The van der Waals surface area contributed by atoms with E-state index in [4.69, 9.17) is 11.6 Å². The molecule has 0 aliphatic carbocycles. The van der Waals surface area contributed by atoms with Crippen molar-refractivity contribution < 1.29 is 4.79 Å². The van der Waals surface area contributed by atoms with Crippen LogP contribution >= 0.6 is 11.6 Å². The van der Waals surface area contributed by atoms with Gasteiger partial charge in [-0.15, -0.1) is 0 Å². The molecule has 132 valence electrons. The number of aryl methyl sites for hydroxylation is 1. The van der Waals surface area contributed by atoms with Crippen molar-refractivity contribution in [1.82, 2.24) is 15.3 Å². The Morgan fingerprint density at radius 2 is 2.20 bits per heavy atom. The second-order valence-electron chi connectivity index (χ2n) is 5.98. The number of anilines is 3. The topological polar surface area (TPSA) is 82.2 Å². The lowest BCUT2D eigenvalue weighted by atomic mass is 10.2. The van der Waals surface area contributed by atoms with Gasteiger partial charge in [-0.05, 0) is 37.1 Å². The Morgan fingerprint density at radius 3 is 2.96 bits per heavy atom. The molecule has 3 rings (SSSR count). The van der Waals surface area contributed by atoms with Gasteiger partial charge in [-0.2, -0.15) is 4.98 Å². The van der Waals surface area contributed by atoms with Gasteiger partial charge in [0.05, 0.1) is 0 Å². The van der Waals surface area contributed by atoms with Crippen molar-refractivity contribution in [3.05, 3.63) is 41.0 Å². The highest BCUT2D eigenvalue weighted by molar-refractivity contribution is 6.31. The van der Waals surface area contributed by atoms with E-state index in [9.17, 15) is 4.79 Å². The molecule has 2 heterocycles. The van der Waals surface area contributed by atoms with Gasteiger partial charge in [0, 0.05) is 43.1 Å². The van der Waals surface area contributed by atoms with Gasteiger partial charge in [0.15, 0.2) is 0 Å². The quantitative estimate of drug-likeness (QED) is 0.781. The first-order valence-corrected chi connectivity index (χ1v) is 8.52. The zero-order valence-corrected chi connectivity index (χ0v) is 15.0. The first-order valence-electron chi connectivity index (χ1n) is 8.14. The number of aromatic nitrogens is 2. The van der Waals surface area contributed by atoms with Gasteiger partial charge in [0.1, 0.15) is 5.82 Å². The summed E-state index contributed by atoms with van der Waals surface area (Å²) in [6, 6.07) is 7.17. The molecule has 8 heteroatoms. The normalized spacial score (nSPS) is 16.6. The van der Waals surface area contributed by atoms with Gasteiger partial charge < -0.3 is 20.9 Å². The highest BCUT2D eigenvalue weighted by Gasteiger charge is 2.25. The summed E-state index contributed by atoms with van der Waals surface area (Å²) in [5.74, 6) is 1.44. The zero-order chi connectivity index (χ0) is 17.8. The van der Waals surface area contributed by atoms with E-state index in [0.29, 0.717) is 23.2 Å². The number of benzene rings is 1. The van der Waals surface area contributed by atoms with Crippen LogP contribution in [0.2, 0.25) is 5.02 Å². The Bertz CT molecular complexity index is 769. The number of nitrogens with zero attached hydrogens (tertiary/aromatic N) is 3. The fraction of sp³-hybridized carbons (Fsp3) is 0.353. The minimum absolute atomic E-state index is 0.0638. The summed E-state index contributed by atoms with van der Waals surface area (Å²) in [7, 11) is 1.79. The van der Waals surface area contributed by atoms with Crippen LogP contribution in [0, 0.1) is 6.92 Å². The molecule has 1 fully saturated rings. The molecule has 2 aromatic rings. The van der Waals surface area contributed by atoms with Crippen LogP contribution in [0.5, 0.6) is 0 Å². The minimum atomic E-state index is -0.231. The molecular formula is C17H21ClN6O. The van der Waals surface area contributed by atoms with Crippen LogP contribution in [0.1, 0.15) is 12.0 Å². The van der Waals surface area contributed by atoms with Gasteiger partial charge in [-0.3, -0.25) is 0 Å². The first kappa shape index (κ1) is 17.3. The van der Waals surface area contributed by atoms with Crippen molar-refractivity contribution in [3.8, 4) is 0 Å². The molecule has 1 aromatic carbocycles. The smallest absolute Gasteiger partial charge is 0.319 e. The average Bonchev–Trinajstić information content (AvgIpc) is 3.06. The number of carbonyl (C=O) groups is 1. The summed E-state index contributed by atoms with van der Waals surface area (Å²) >= 11 is 6.08. The fourth-order valence-corrected chi connectivity index (χ4v) is 2.94. The van der Waals surface area contributed by atoms with Crippen molar-refractivity contribution in [3.63, 3.8) is 0 Å². The van der Waals surface area contributed by atoms with E-state index in [2.05, 4.69) is 30.8 Å². The van der Waals surface area contributed by atoms with Crippen LogP contribution in [0.15, 0.2) is 30.5 Å². The Morgan fingerprint density at radius 1 is 1.36 bits per heavy atom. The molecule has 1 saturated heterocycles. The third kappa shape index (κ3) is 4.30. The van der Waals surface area contributed by atoms with Crippen LogP contribution in [0.25, 0.3) is 0 Å². The van der Waals surface area contributed by atoms with Crippen molar-refractivity contribution in [2.75, 3.05) is 35.7 Å². The van der Waals surface area contributed by atoms with Crippen LogP contribution < -0.4 is 20.9 Å². The van der Waals surface area contributed by atoms with Crippen LogP contribution in [0.3, 0.4) is 0 Å². The SMILES string of the molecule is CNc1nccc(N2CC[C@@H](NC(=O)Nc3ccc(C)c(Cl)c3)C2)n1. The third-order valence-electron chi connectivity index (χ3n) is 4.14. The Labute approximate surface area is 151 Å². The summed E-state index contributed by atoms with van der Waals surface area (Å²) in [5, 5.41) is 9.38. The summed E-state index contributed by atoms with van der Waals surface area (Å²) in [4.78, 5) is 22.9. The summed E-state index contributed by atoms with van der Waals surface area (Å²) in [6.45, 7) is 3.47. The number of hydrogen-bond donors (Lipinski definition) is 3. The van der Waals surface area contributed by atoms with E-state index >= 15 is 0 Å². The maximum absolute atomic E-state index is 12.2. The van der Waals surface area contributed by atoms with Crippen molar-refractivity contribution in [2.24, 2.45) is 0 Å². The Hall–Kier alpha value is -2.54. The molecule has 1 aliphatic rings. The molecule has 1 aliphatic heterocycles. The number of amides is 2. The second-order valence-corrected chi connectivity index (χ2v) is 6.39. The Balaban J connectivity index is 1.55. The van der Waals surface area contributed by atoms with Gasteiger partial charge in [0.2, 0.25) is 5.95 Å². The van der Waals surface area contributed by atoms with Crippen LogP contribution in [-0.4, -0.2) is 42.2 Å². The summed E-state index contributed by atoms with van der Waals surface area (Å²) in [6.07, 6.45) is 2.59. The van der Waals surface area contributed by atoms with Crippen LogP contribution in [-0.2, 0) is 0 Å². The highest BCUT2D eigenvalue weighted by Crippen LogP contribution is 2.21. The number of halogens is 1. The standard InChI is InChI=1S/C17H21ClN6O/c1-11-3-4-12(9-14(11)18)21-17(25)22-13-6-8-24(10-13)15-5-7-20-16(19-2)23-15/h3-5,7,9,13H,6,8,10H2,1-2H3,(H,19,20,23)(H2,21,22,25)/t13-/m1/s1. The van der Waals surface area contributed by atoms with Crippen molar-refractivity contribution in [2.45, 2.75) is 19.4 Å². The predicted octanol–water partition coefficient (Wildman–Crippen LogP) is 2.88. The average molecular weight is 361 g/mol. The van der Waals surface area contributed by atoms with E-state index in [1.54, 1.807) is 19.3 Å². The molecular weight excluding hydrogens is 340 g/mol. The molecule has 0 unspecified atom stereocenters. The third-order valence-corrected chi connectivity index (χ3v) is 4.55. The number of nitrogens with one attached hydrogen (secondary N) is 3. The highest BCUT2D eigenvalue weighted by atomic mass is 35.5. The van der Waals surface area contributed by atoms with E-state index in [-0.39, 0.29) is 12.1 Å². The molecule has 0 spiro atoms. The number of carbonyl (C=O) groups excluding carboxylic acids is 1. The summed E-state index contributed by atoms with van der Waals surface area (Å²) in [5.41, 5.74) is 1.65. The lowest BCUT2D eigenvalue weighted by molar-refractivity contribution is 0.249. The molecule has 0 radical (unpaired) electrons. The number of hydrogen-bond acceptors (Lipinski definition) is 5. The molecule has 1 atom stereocenters. The van der Waals surface area contributed by atoms with E-state index in [1.165, 1.54) is 0 Å². The van der Waals surface area contributed by atoms with E-state index in [1.807, 2.05) is 25.1 Å². The molecule has 1 aromatic heterocycles. The van der Waals surface area contributed by atoms with E-state index < -0.39 is 0 Å². The fourth-order valence-electron chi connectivity index (χ4n) is 2.76. The predicted molar refractivity (Wildman–Crippen MR) is 101 cm³/mol. The number of urea groups is 1. The lowest BCUT2D eigenvalue weighted by Gasteiger charge is -2.18. The molecule has 0 saturated carbocycles. The maximum atomic E-state index is 12.2. The lowest BCUT2D eigenvalue weighted by Crippen LogP contribution is -2.39. The molecule has 3 N–H and O–H groups in total. The van der Waals surface area contributed by atoms with Gasteiger partial charge in [-0.1, -0.05) is 17.7 Å². The molecule has 2 amide bonds. The van der Waals surface area contributed by atoms with Gasteiger partial charge in [0.25, 0.3) is 0 Å². The zero-order valence-electron chi connectivity index (χ0n) is 14.2. The Kier molecular flexibility index (Phi) is 5.23. The van der Waals surface area contributed by atoms with Crippen molar-refractivity contribution >= 4 is 35.1 Å². The molecule has 7 nitrogen and oxygen atoms in total. The number of rotatable bonds is 4. The van der Waals surface area contributed by atoms with Crippen LogP contribution in [0.4, 0.5) is 22.2 Å².